The first-order chi connectivity index (χ1) is 8.99. The molecule has 0 saturated carbocycles. The molecule has 0 saturated heterocycles. The quantitative estimate of drug-likeness (QED) is 0.600. The van der Waals surface area contributed by atoms with Crippen molar-refractivity contribution in [2.24, 2.45) is 4.99 Å². The minimum atomic E-state index is 0.832. The lowest BCUT2D eigenvalue weighted by atomic mass is 10.0. The van der Waals surface area contributed by atoms with Crippen molar-refractivity contribution in [3.05, 3.63) is 51.0 Å². The predicted molar refractivity (Wildman–Crippen MR) is 77.9 cm³/mol. The Balaban J connectivity index is 2.42. The molecule has 3 rings (SSSR count). The summed E-state index contributed by atoms with van der Waals surface area (Å²) in [6, 6.07) is 6.09. The Morgan fingerprint density at radius 1 is 1.00 bits per heavy atom. The fraction of sp³-hybridized carbons (Fsp3) is 0.235. The standard InChI is InChI=1S/C17H17NO/c1-9-6-7-14-15(8-9)19-17-13(5)11(3)10(2)12(4)16(17)18-14/h6-8H,3H2,1-2,4-5H3. The van der Waals surface area contributed by atoms with E-state index in [1.54, 1.807) is 0 Å². The van der Waals surface area contributed by atoms with Gasteiger partial charge in [-0.05, 0) is 61.7 Å². The summed E-state index contributed by atoms with van der Waals surface area (Å²) in [6.07, 6.45) is 0. The molecule has 0 radical (unpaired) electrons. The molecule has 0 unspecified atom stereocenters. The van der Waals surface area contributed by atoms with Crippen LogP contribution >= 0.6 is 0 Å². The molecule has 2 heteroatoms. The van der Waals surface area contributed by atoms with Crippen molar-refractivity contribution < 1.29 is 4.74 Å². The van der Waals surface area contributed by atoms with Crippen molar-refractivity contribution in [3.8, 4) is 11.5 Å². The first-order valence-electron chi connectivity index (χ1n) is 6.45. The van der Waals surface area contributed by atoms with Crippen molar-refractivity contribution in [3.63, 3.8) is 0 Å². The van der Waals surface area contributed by atoms with Crippen molar-refractivity contribution in [1.82, 2.24) is 0 Å². The summed E-state index contributed by atoms with van der Waals surface area (Å²) in [5.41, 5.74) is 5.50. The van der Waals surface area contributed by atoms with E-state index in [-0.39, 0.29) is 0 Å². The van der Waals surface area contributed by atoms with Crippen molar-refractivity contribution in [1.29, 1.82) is 0 Å². The van der Waals surface area contributed by atoms with E-state index >= 15 is 0 Å². The van der Waals surface area contributed by atoms with Gasteiger partial charge in [0.1, 0.15) is 11.0 Å². The van der Waals surface area contributed by atoms with Crippen molar-refractivity contribution >= 4 is 12.3 Å². The average molecular weight is 251 g/mol. The maximum atomic E-state index is 6.07. The normalized spacial score (nSPS) is 12.2. The van der Waals surface area contributed by atoms with Gasteiger partial charge in [-0.3, -0.25) is 0 Å². The third-order valence-corrected chi connectivity index (χ3v) is 3.94. The van der Waals surface area contributed by atoms with Crippen molar-refractivity contribution in [2.75, 3.05) is 0 Å². The lowest BCUT2D eigenvalue weighted by Crippen LogP contribution is -2.24. The van der Waals surface area contributed by atoms with Gasteiger partial charge >= 0.3 is 0 Å². The summed E-state index contributed by atoms with van der Waals surface area (Å²) in [6.45, 7) is 12.4. The number of rotatable bonds is 0. The van der Waals surface area contributed by atoms with Crippen molar-refractivity contribution in [2.45, 2.75) is 27.7 Å². The highest BCUT2D eigenvalue weighted by Crippen LogP contribution is 2.35. The molecule has 0 aromatic heterocycles. The van der Waals surface area contributed by atoms with E-state index in [1.807, 2.05) is 19.1 Å². The molecule has 0 atom stereocenters. The van der Waals surface area contributed by atoms with Crippen LogP contribution in [0.25, 0.3) is 6.58 Å². The molecule has 1 heterocycles. The van der Waals surface area contributed by atoms with Gasteiger partial charge in [0, 0.05) is 5.56 Å². The Hall–Kier alpha value is -2.09. The van der Waals surface area contributed by atoms with Gasteiger partial charge in [-0.15, -0.1) is 0 Å². The summed E-state index contributed by atoms with van der Waals surface area (Å²) < 4.78 is 6.07. The second-order valence-electron chi connectivity index (χ2n) is 5.22. The monoisotopic (exact) mass is 251 g/mol. The number of ether oxygens (including phenoxy) is 1. The topological polar surface area (TPSA) is 21.6 Å². The molecule has 0 fully saturated rings. The SMILES string of the molecule is C=c1c(C)c(C)c2c(c1C)Oc1cc(C)ccc1N=2. The summed E-state index contributed by atoms with van der Waals surface area (Å²) >= 11 is 0. The minimum Gasteiger partial charge on any atom is -0.452 e. The third kappa shape index (κ3) is 1.67. The van der Waals surface area contributed by atoms with Crippen LogP contribution in [-0.2, 0) is 0 Å². The van der Waals surface area contributed by atoms with E-state index in [2.05, 4.69) is 33.4 Å². The Morgan fingerprint density at radius 2 is 1.74 bits per heavy atom. The molecule has 2 aromatic rings. The summed E-state index contributed by atoms with van der Waals surface area (Å²) in [7, 11) is 0. The van der Waals surface area contributed by atoms with Gasteiger partial charge in [0.15, 0.2) is 11.5 Å². The number of aryl methyl sites for hydroxylation is 1. The minimum absolute atomic E-state index is 0.832. The zero-order chi connectivity index (χ0) is 13.7. The molecule has 96 valence electrons. The number of nitrogens with zero attached hydrogens (tertiary/aromatic N) is 1. The van der Waals surface area contributed by atoms with Gasteiger partial charge in [0.05, 0.1) is 0 Å². The predicted octanol–water partition coefficient (Wildman–Crippen LogP) is 3.39. The van der Waals surface area contributed by atoms with Crippen LogP contribution < -0.4 is 15.3 Å². The van der Waals surface area contributed by atoms with Gasteiger partial charge in [-0.25, -0.2) is 4.99 Å². The van der Waals surface area contributed by atoms with E-state index in [1.165, 1.54) is 11.1 Å². The van der Waals surface area contributed by atoms with E-state index in [0.29, 0.717) is 0 Å². The molecular formula is C17H17NO. The van der Waals surface area contributed by atoms with E-state index in [4.69, 9.17) is 9.73 Å². The molecule has 1 aliphatic rings. The van der Waals surface area contributed by atoms with Gasteiger partial charge in [-0.1, -0.05) is 12.6 Å². The van der Waals surface area contributed by atoms with Gasteiger partial charge < -0.3 is 4.74 Å². The average Bonchev–Trinajstić information content (AvgIpc) is 2.41. The highest BCUT2D eigenvalue weighted by molar-refractivity contribution is 5.59. The number of hydrogen-bond acceptors (Lipinski definition) is 2. The maximum absolute atomic E-state index is 6.07. The Bertz CT molecular complexity index is 803. The van der Waals surface area contributed by atoms with Gasteiger partial charge in [-0.2, -0.15) is 0 Å². The molecule has 0 N–H and O–H groups in total. The number of benzene rings is 2. The maximum Gasteiger partial charge on any atom is 0.156 e. The van der Waals surface area contributed by atoms with Crippen LogP contribution in [0.1, 0.15) is 22.3 Å². The lowest BCUT2D eigenvalue weighted by molar-refractivity contribution is 0.464. The van der Waals surface area contributed by atoms with Crippen LogP contribution in [0, 0.1) is 27.7 Å². The Morgan fingerprint density at radius 3 is 2.47 bits per heavy atom. The Kier molecular flexibility index (Phi) is 2.49. The highest BCUT2D eigenvalue weighted by Gasteiger charge is 2.18. The summed E-state index contributed by atoms with van der Waals surface area (Å²) in [4.78, 5) is 4.76. The van der Waals surface area contributed by atoms with Crippen LogP contribution in [0.3, 0.4) is 0 Å². The van der Waals surface area contributed by atoms with Crippen LogP contribution in [-0.4, -0.2) is 0 Å². The van der Waals surface area contributed by atoms with Crippen LogP contribution in [0.15, 0.2) is 23.2 Å². The zero-order valence-electron chi connectivity index (χ0n) is 11.8. The van der Waals surface area contributed by atoms with E-state index < -0.39 is 0 Å². The third-order valence-electron chi connectivity index (χ3n) is 3.94. The molecule has 2 aromatic carbocycles. The number of hydrogen-bond donors (Lipinski definition) is 0. The molecule has 2 nitrogen and oxygen atoms in total. The summed E-state index contributed by atoms with van der Waals surface area (Å²) in [5, 5.41) is 1.99. The summed E-state index contributed by atoms with van der Waals surface area (Å²) in [5.74, 6) is 1.68. The molecule has 1 aliphatic heterocycles. The van der Waals surface area contributed by atoms with E-state index in [9.17, 15) is 0 Å². The largest absolute Gasteiger partial charge is 0.452 e. The molecular weight excluding hydrogens is 234 g/mol. The first-order valence-corrected chi connectivity index (χ1v) is 6.45. The second-order valence-corrected chi connectivity index (χ2v) is 5.22. The first kappa shape index (κ1) is 12.0. The molecule has 0 spiro atoms. The molecule has 0 bridgehead atoms. The van der Waals surface area contributed by atoms with Gasteiger partial charge in [0.2, 0.25) is 0 Å². The lowest BCUT2D eigenvalue weighted by Gasteiger charge is -2.19. The van der Waals surface area contributed by atoms with E-state index in [0.717, 1.165) is 38.9 Å². The van der Waals surface area contributed by atoms with Crippen LogP contribution in [0.2, 0.25) is 0 Å². The fourth-order valence-electron chi connectivity index (χ4n) is 2.46. The highest BCUT2D eigenvalue weighted by atomic mass is 16.5. The smallest absolute Gasteiger partial charge is 0.156 e. The second kappa shape index (κ2) is 3.95. The zero-order valence-corrected chi connectivity index (χ0v) is 11.8. The molecule has 19 heavy (non-hydrogen) atoms. The number of fused-ring (bicyclic) bond motifs is 2. The van der Waals surface area contributed by atoms with Crippen LogP contribution in [0.5, 0.6) is 11.5 Å². The fourth-order valence-corrected chi connectivity index (χ4v) is 2.46. The van der Waals surface area contributed by atoms with Crippen LogP contribution in [0.4, 0.5) is 5.69 Å². The Labute approximate surface area is 113 Å². The van der Waals surface area contributed by atoms with Gasteiger partial charge in [0.25, 0.3) is 0 Å². The molecule has 0 amide bonds. The molecule has 0 aliphatic carbocycles.